The van der Waals surface area contributed by atoms with Crippen molar-refractivity contribution >= 4 is 27.2 Å². The molecule has 4 heterocycles. The lowest BCUT2D eigenvalue weighted by atomic mass is 10.1. The van der Waals surface area contributed by atoms with Crippen LogP contribution >= 0.6 is 0 Å². The number of benzene rings is 1. The maximum absolute atomic E-state index is 13.4. The van der Waals surface area contributed by atoms with Crippen molar-refractivity contribution in [3.63, 3.8) is 0 Å². The maximum atomic E-state index is 13.4. The highest BCUT2D eigenvalue weighted by molar-refractivity contribution is 7.91. The first-order valence-corrected chi connectivity index (χ1v) is 14.5. The Kier molecular flexibility index (Phi) is 7.36. The van der Waals surface area contributed by atoms with Crippen molar-refractivity contribution in [2.24, 2.45) is 0 Å². The average molecular weight is 579 g/mol. The third-order valence-corrected chi connectivity index (χ3v) is 7.69. The van der Waals surface area contributed by atoms with E-state index in [-0.39, 0.29) is 46.4 Å². The summed E-state index contributed by atoms with van der Waals surface area (Å²) in [4.78, 5) is 21.8. The van der Waals surface area contributed by atoms with Gasteiger partial charge in [0.1, 0.15) is 22.9 Å². The number of nitrogen functional groups attached to an aromatic ring is 1. The zero-order valence-corrected chi connectivity index (χ0v) is 23.2. The van der Waals surface area contributed by atoms with Crippen LogP contribution in [0.3, 0.4) is 0 Å². The number of anilines is 1. The molecule has 1 atom stereocenters. The van der Waals surface area contributed by atoms with Crippen LogP contribution in [0.5, 0.6) is 0 Å². The first-order chi connectivity index (χ1) is 19.6. The molecule has 0 fully saturated rings. The minimum absolute atomic E-state index is 0.0691. The normalized spacial score (nSPS) is 12.8. The van der Waals surface area contributed by atoms with Crippen molar-refractivity contribution in [2.75, 3.05) is 12.0 Å². The number of carbonyl (C=O) groups is 1. The Morgan fingerprint density at radius 2 is 1.98 bits per heavy atom. The molecule has 1 amide bonds. The maximum Gasteiger partial charge on any atom is 0.295 e. The largest absolute Gasteiger partial charge is 0.382 e. The van der Waals surface area contributed by atoms with Gasteiger partial charge in [-0.25, -0.2) is 22.5 Å². The van der Waals surface area contributed by atoms with Gasteiger partial charge in [-0.1, -0.05) is 6.08 Å². The number of carbonyl (C=O) groups excluding carboxylic acids is 1. The van der Waals surface area contributed by atoms with Gasteiger partial charge >= 0.3 is 0 Å². The summed E-state index contributed by atoms with van der Waals surface area (Å²) in [5.74, 6) is -0.722. The molecule has 0 aliphatic rings. The second-order valence-corrected chi connectivity index (χ2v) is 11.4. The fourth-order valence-electron chi connectivity index (χ4n) is 4.51. The van der Waals surface area contributed by atoms with E-state index in [4.69, 9.17) is 10.7 Å². The van der Waals surface area contributed by atoms with Crippen molar-refractivity contribution in [3.05, 3.63) is 78.8 Å². The molecule has 0 unspecified atom stereocenters. The van der Waals surface area contributed by atoms with Gasteiger partial charge in [0.25, 0.3) is 5.91 Å². The Hall–Kier alpha value is -4.92. The number of amides is 1. The molecule has 0 saturated carbocycles. The van der Waals surface area contributed by atoms with Crippen LogP contribution in [0.15, 0.2) is 66.4 Å². The Balaban J connectivity index is 1.51. The van der Waals surface area contributed by atoms with Gasteiger partial charge in [0.2, 0.25) is 5.82 Å². The summed E-state index contributed by atoms with van der Waals surface area (Å²) >= 11 is 0. The number of fused-ring (bicyclic) bond motifs is 1. The third kappa shape index (κ3) is 5.43. The van der Waals surface area contributed by atoms with Crippen LogP contribution in [0.4, 0.5) is 10.2 Å². The minimum atomic E-state index is -3.79. The van der Waals surface area contributed by atoms with E-state index >= 15 is 0 Å². The highest BCUT2D eigenvalue weighted by Crippen LogP contribution is 2.30. The van der Waals surface area contributed by atoms with Crippen LogP contribution in [0.1, 0.15) is 36.6 Å². The minimum Gasteiger partial charge on any atom is -0.382 e. The van der Waals surface area contributed by atoms with Crippen LogP contribution in [-0.2, 0) is 16.3 Å². The molecular weight excluding hydrogens is 551 g/mol. The van der Waals surface area contributed by atoms with Crippen LogP contribution < -0.4 is 5.73 Å². The molecule has 0 aliphatic carbocycles. The Morgan fingerprint density at radius 3 is 2.63 bits per heavy atom. The summed E-state index contributed by atoms with van der Waals surface area (Å²) in [7, 11) is -3.79. The van der Waals surface area contributed by atoms with E-state index < -0.39 is 9.84 Å². The summed E-state index contributed by atoms with van der Waals surface area (Å²) in [6, 6.07) is 5.52. The van der Waals surface area contributed by atoms with Gasteiger partial charge in [-0.15, -0.1) is 10.2 Å². The van der Waals surface area contributed by atoms with Gasteiger partial charge in [-0.2, -0.15) is 14.7 Å². The van der Waals surface area contributed by atoms with Gasteiger partial charge < -0.3 is 15.6 Å². The van der Waals surface area contributed by atoms with Crippen LogP contribution in [0, 0.1) is 5.82 Å². The van der Waals surface area contributed by atoms with Crippen molar-refractivity contribution in [3.8, 4) is 16.8 Å². The van der Waals surface area contributed by atoms with E-state index in [1.54, 1.807) is 48.4 Å². The Labute approximate surface area is 234 Å². The number of halogens is 1. The number of aromatic nitrogens is 8. The number of hydrogen-bond donors (Lipinski definition) is 2. The van der Waals surface area contributed by atoms with E-state index in [1.807, 2.05) is 6.92 Å². The van der Waals surface area contributed by atoms with Crippen molar-refractivity contribution in [2.45, 2.75) is 37.6 Å². The Bertz CT molecular complexity index is 1840. The lowest BCUT2D eigenvalue weighted by molar-refractivity contribution is 0.0761. The second kappa shape index (κ2) is 10.9. The zero-order valence-electron chi connectivity index (χ0n) is 22.4. The van der Waals surface area contributed by atoms with Crippen molar-refractivity contribution in [1.29, 1.82) is 0 Å². The number of nitrogens with zero attached hydrogens (tertiary/aromatic N) is 8. The molecule has 5 aromatic rings. The van der Waals surface area contributed by atoms with E-state index in [1.165, 1.54) is 34.1 Å². The Morgan fingerprint density at radius 1 is 1.22 bits per heavy atom. The second-order valence-electron chi connectivity index (χ2n) is 9.41. The summed E-state index contributed by atoms with van der Waals surface area (Å²) < 4.78 is 41.9. The zero-order chi connectivity index (χ0) is 29.3. The number of rotatable bonds is 9. The van der Waals surface area contributed by atoms with Crippen LogP contribution in [-0.4, -0.2) is 71.1 Å². The predicted octanol–water partition coefficient (Wildman–Crippen LogP) is 2.82. The number of allylic oxidation sites excluding steroid dienone is 1. The fourth-order valence-corrected chi connectivity index (χ4v) is 5.56. The highest BCUT2D eigenvalue weighted by atomic mass is 32.2. The molecule has 212 valence electrons. The molecule has 5 rings (SSSR count). The molecule has 41 heavy (non-hydrogen) atoms. The number of nitrogens with one attached hydrogen (secondary N) is 1. The van der Waals surface area contributed by atoms with Crippen molar-refractivity contribution < 1.29 is 17.6 Å². The van der Waals surface area contributed by atoms with E-state index in [9.17, 15) is 17.6 Å². The molecule has 3 N–H and O–H groups in total. The van der Waals surface area contributed by atoms with Gasteiger partial charge in [0.15, 0.2) is 15.5 Å². The molecule has 0 aliphatic heterocycles. The number of sulfone groups is 1. The molecule has 0 saturated heterocycles. The van der Waals surface area contributed by atoms with E-state index in [0.29, 0.717) is 28.9 Å². The lowest BCUT2D eigenvalue weighted by Gasteiger charge is -2.25. The summed E-state index contributed by atoms with van der Waals surface area (Å²) in [5.41, 5.74) is 8.85. The highest BCUT2D eigenvalue weighted by Gasteiger charge is 2.27. The monoisotopic (exact) mass is 578 g/mol. The molecule has 1 aromatic carbocycles. The van der Waals surface area contributed by atoms with Gasteiger partial charge in [-0.05, 0) is 51.0 Å². The first-order valence-electron chi connectivity index (χ1n) is 12.6. The summed E-state index contributed by atoms with van der Waals surface area (Å²) in [5, 5.41) is 16.1. The number of hydrogen-bond acceptors (Lipinski definition) is 9. The number of H-pyrrole nitrogens is 1. The van der Waals surface area contributed by atoms with Gasteiger partial charge in [0, 0.05) is 35.8 Å². The number of nitrogens with two attached hydrogens (primary N) is 1. The lowest BCUT2D eigenvalue weighted by Crippen LogP contribution is -2.35. The van der Waals surface area contributed by atoms with E-state index in [0.717, 1.165) is 6.26 Å². The molecule has 4 aromatic heterocycles. The van der Waals surface area contributed by atoms with Crippen molar-refractivity contribution in [1.82, 2.24) is 44.5 Å². The topological polar surface area (TPSA) is 170 Å². The molecular formula is C26H27FN10O3S. The van der Waals surface area contributed by atoms with Crippen LogP contribution in [0.2, 0.25) is 0 Å². The molecule has 0 radical (unpaired) electrons. The number of aromatic amines is 1. The van der Waals surface area contributed by atoms with Gasteiger partial charge in [-0.3, -0.25) is 4.79 Å². The fraction of sp³-hybridized carbons (Fsp3) is 0.231. The third-order valence-electron chi connectivity index (χ3n) is 6.50. The summed E-state index contributed by atoms with van der Waals surface area (Å²) in [6.45, 7) is 3.62. The summed E-state index contributed by atoms with van der Waals surface area (Å²) in [6.07, 6.45) is 11.2. The standard InChI is InChI=1S/C26H27FN10O3S/c1-4-11-35(26(38)24-29-15-30-34-24)16(2)5-10-21-22(41(3,39)40)23(28)37-25(33-21)20(13-32-37)17-12-31-36(14-17)19-8-6-18(27)7-9-19/h4,6-9,11-16H,5,10,28H2,1-3H3,(H,29,30,34)/b11-4-/t16-/m1/s1. The molecule has 0 bridgehead atoms. The van der Waals surface area contributed by atoms with Gasteiger partial charge in [0.05, 0.1) is 23.8 Å². The number of aryl methyl sites for hydroxylation is 1. The first kappa shape index (κ1) is 27.6. The average Bonchev–Trinajstić information content (AvgIpc) is 3.70. The predicted molar refractivity (Wildman–Crippen MR) is 148 cm³/mol. The molecule has 0 spiro atoms. The SMILES string of the molecule is C/C=C\N(C(=O)c1nnc[nH]1)[C@H](C)CCc1nc2c(-c3cnn(-c4ccc(F)cc4)c3)cnn2c(N)c1S(C)(=O)=O. The van der Waals surface area contributed by atoms with E-state index in [2.05, 4.69) is 25.4 Å². The van der Waals surface area contributed by atoms with Crippen LogP contribution in [0.25, 0.3) is 22.5 Å². The molecule has 15 heteroatoms. The smallest absolute Gasteiger partial charge is 0.295 e. The quantitative estimate of drug-likeness (QED) is 0.267. The molecule has 13 nitrogen and oxygen atoms in total.